The molecule has 0 unspecified atom stereocenters. The zero-order chi connectivity index (χ0) is 24.7. The Bertz CT molecular complexity index is 1170. The minimum atomic E-state index is -3.00. The molecular weight excluding hydrogens is 356 g/mol. The van der Waals surface area contributed by atoms with Gasteiger partial charge in [0, 0.05) is 11.1 Å². The Balaban J connectivity index is 2.02. The molecule has 27 heavy (non-hydrogen) atoms. The van der Waals surface area contributed by atoms with E-state index in [1.54, 1.807) is 0 Å². The number of carbonyl (C=O) groups excluding carboxylic acids is 1. The number of hydrogen-bond donors (Lipinski definition) is 2. The summed E-state index contributed by atoms with van der Waals surface area (Å²) in [6, 6.07) is 0.581. The molecule has 0 heterocycles. The fraction of sp³-hybridized carbons (Fsp3) is 0.200. The molecule has 0 aromatic heterocycles. The number of methoxy groups -OCH3 is 1. The molecule has 7 heteroatoms. The molecule has 2 aromatic rings. The van der Waals surface area contributed by atoms with E-state index in [1.807, 2.05) is 5.32 Å². The zero-order valence-electron chi connectivity index (χ0n) is 19.8. The Labute approximate surface area is 162 Å². The minimum absolute atomic E-state index is 0.0789. The lowest BCUT2D eigenvalue weighted by Crippen LogP contribution is -2.18. The molecule has 1 aliphatic rings. The molecular formula is C20H17F2NO4. The number of aliphatic carboxylic acids is 1. The molecule has 2 aromatic carbocycles. The van der Waals surface area contributed by atoms with E-state index in [9.17, 15) is 18.4 Å². The number of carbonyl (C=O) groups is 2. The smallest absolute Gasteiger partial charge is 0.332 e. The topological polar surface area (TPSA) is 75.6 Å². The first-order valence-electron chi connectivity index (χ1n) is 10.9. The Hall–Kier alpha value is -3.22. The van der Waals surface area contributed by atoms with Gasteiger partial charge in [0.1, 0.15) is 23.1 Å². The fourth-order valence-corrected chi connectivity index (χ4v) is 2.83. The molecule has 0 saturated heterocycles. The predicted molar refractivity (Wildman–Crippen MR) is 95.5 cm³/mol. The van der Waals surface area contributed by atoms with Crippen LogP contribution in [0.2, 0.25) is 0 Å². The van der Waals surface area contributed by atoms with Gasteiger partial charge in [-0.1, -0.05) is 12.1 Å². The average Bonchev–Trinajstić information content (AvgIpc) is 3.17. The third-order valence-corrected chi connectivity index (χ3v) is 4.08. The maximum absolute atomic E-state index is 14.7. The van der Waals surface area contributed by atoms with Crippen molar-refractivity contribution in [2.75, 3.05) is 12.4 Å². The van der Waals surface area contributed by atoms with Crippen LogP contribution in [-0.2, 0) is 9.59 Å². The summed E-state index contributed by atoms with van der Waals surface area (Å²) in [7, 11) is -3.00. The van der Waals surface area contributed by atoms with Gasteiger partial charge in [0.25, 0.3) is 5.91 Å². The number of benzene rings is 2. The third-order valence-electron chi connectivity index (χ3n) is 4.08. The van der Waals surface area contributed by atoms with Gasteiger partial charge in [-0.3, -0.25) is 4.79 Å². The highest BCUT2D eigenvalue weighted by atomic mass is 19.1. The molecule has 0 bridgehead atoms. The van der Waals surface area contributed by atoms with Crippen molar-refractivity contribution in [1.29, 1.82) is 0 Å². The van der Waals surface area contributed by atoms with Crippen molar-refractivity contribution in [3.63, 3.8) is 0 Å². The Morgan fingerprint density at radius 1 is 1.19 bits per heavy atom. The van der Waals surface area contributed by atoms with Crippen LogP contribution < -0.4 is 10.1 Å². The van der Waals surface area contributed by atoms with Crippen LogP contribution in [0.25, 0.3) is 11.1 Å². The van der Waals surface area contributed by atoms with Crippen LogP contribution >= 0.6 is 0 Å². The standard InChI is InChI=1S/C20H17F2NO4/c1-27-13-5-2-4-11(8-13)12-9-16(21)18(17(22)10-12)23-19(24)14-6-3-7-15(14)20(25)26/h2,4-5,8-10H,3,6-7H2,1H3,(H,23,24)(H,25,26)/i1D3,4D,5D,8D. The fourth-order valence-electron chi connectivity index (χ4n) is 2.83. The van der Waals surface area contributed by atoms with Crippen molar-refractivity contribution in [2.45, 2.75) is 19.3 Å². The molecule has 140 valence electrons. The number of ether oxygens (including phenoxy) is 1. The zero-order valence-corrected chi connectivity index (χ0v) is 13.8. The summed E-state index contributed by atoms with van der Waals surface area (Å²) >= 11 is 0. The summed E-state index contributed by atoms with van der Waals surface area (Å²) in [5, 5.41) is 11.2. The van der Waals surface area contributed by atoms with Gasteiger partial charge in [0.05, 0.1) is 15.3 Å². The van der Waals surface area contributed by atoms with E-state index in [0.717, 1.165) is 18.2 Å². The third kappa shape index (κ3) is 3.81. The molecule has 0 spiro atoms. The monoisotopic (exact) mass is 379 g/mol. The summed E-state index contributed by atoms with van der Waals surface area (Å²) in [5.74, 6) is -5.45. The summed E-state index contributed by atoms with van der Waals surface area (Å²) < 4.78 is 79.5. The van der Waals surface area contributed by atoms with Crippen LogP contribution in [0.3, 0.4) is 0 Å². The van der Waals surface area contributed by atoms with Crippen molar-refractivity contribution in [3.05, 3.63) is 59.1 Å². The highest BCUT2D eigenvalue weighted by Gasteiger charge is 2.26. The van der Waals surface area contributed by atoms with E-state index in [-0.39, 0.29) is 35.1 Å². The first kappa shape index (κ1) is 12.2. The molecule has 3 rings (SSSR count). The molecule has 1 amide bonds. The lowest BCUT2D eigenvalue weighted by atomic mass is 10.0. The largest absolute Gasteiger partial charge is 0.497 e. The van der Waals surface area contributed by atoms with Crippen molar-refractivity contribution < 1.29 is 36.4 Å². The highest BCUT2D eigenvalue weighted by Crippen LogP contribution is 2.31. The van der Waals surface area contributed by atoms with E-state index in [0.29, 0.717) is 6.42 Å². The van der Waals surface area contributed by atoms with E-state index in [1.165, 1.54) is 0 Å². The first-order valence-corrected chi connectivity index (χ1v) is 7.86. The second-order valence-corrected chi connectivity index (χ2v) is 5.75. The number of nitrogens with one attached hydrogen (secondary N) is 1. The molecule has 1 aliphatic carbocycles. The predicted octanol–water partition coefficient (Wildman–Crippen LogP) is 4.14. The maximum atomic E-state index is 14.7. The van der Waals surface area contributed by atoms with Gasteiger partial charge in [-0.15, -0.1) is 0 Å². The first-order chi connectivity index (χ1) is 15.3. The van der Waals surface area contributed by atoms with Gasteiger partial charge < -0.3 is 15.2 Å². The van der Waals surface area contributed by atoms with Gasteiger partial charge in [0.15, 0.2) is 0 Å². The molecule has 0 radical (unpaired) electrons. The second kappa shape index (κ2) is 7.57. The van der Waals surface area contributed by atoms with Crippen molar-refractivity contribution in [3.8, 4) is 16.9 Å². The number of carboxylic acids is 1. The number of amides is 1. The normalized spacial score (nSPS) is 17.3. The number of rotatable bonds is 5. The summed E-state index contributed by atoms with van der Waals surface area (Å²) in [6.45, 7) is 0. The number of carboxylic acid groups (broad SMARTS) is 1. The number of anilines is 1. The van der Waals surface area contributed by atoms with Crippen LogP contribution in [-0.4, -0.2) is 24.0 Å². The van der Waals surface area contributed by atoms with E-state index in [2.05, 4.69) is 4.74 Å². The molecule has 5 nitrogen and oxygen atoms in total. The Kier molecular flexibility index (Phi) is 3.43. The Morgan fingerprint density at radius 3 is 2.56 bits per heavy atom. The molecule has 0 atom stereocenters. The minimum Gasteiger partial charge on any atom is -0.497 e. The van der Waals surface area contributed by atoms with Gasteiger partial charge in [0.2, 0.25) is 0 Å². The Morgan fingerprint density at radius 2 is 1.89 bits per heavy atom. The lowest BCUT2D eigenvalue weighted by Gasteiger charge is -2.11. The molecule has 2 N–H and O–H groups in total. The van der Waals surface area contributed by atoms with Crippen LogP contribution in [0.4, 0.5) is 14.5 Å². The SMILES string of the molecule is [2H]c1cc([2H])c(-c2cc(F)c(NC(=O)C3=C(C(=O)O)CCC3)c(F)c2)c([2H])c1OC([2H])([2H])[2H]. The van der Waals surface area contributed by atoms with Crippen LogP contribution in [0.1, 0.15) is 27.5 Å². The average molecular weight is 379 g/mol. The number of halogens is 2. The van der Waals surface area contributed by atoms with Crippen molar-refractivity contribution in [1.82, 2.24) is 0 Å². The van der Waals surface area contributed by atoms with Crippen LogP contribution in [0.15, 0.2) is 47.5 Å². The van der Waals surface area contributed by atoms with E-state index in [4.69, 9.17) is 13.3 Å². The summed E-state index contributed by atoms with van der Waals surface area (Å²) in [4.78, 5) is 23.6. The second-order valence-electron chi connectivity index (χ2n) is 5.75. The van der Waals surface area contributed by atoms with E-state index < -0.39 is 60.1 Å². The molecule has 0 saturated carbocycles. The van der Waals surface area contributed by atoms with Gasteiger partial charge >= 0.3 is 5.97 Å². The van der Waals surface area contributed by atoms with E-state index >= 15 is 0 Å². The quantitative estimate of drug-likeness (QED) is 0.819. The van der Waals surface area contributed by atoms with Gasteiger partial charge in [-0.05, 0) is 54.6 Å². The summed E-state index contributed by atoms with van der Waals surface area (Å²) in [5.41, 5.74) is -1.75. The highest BCUT2D eigenvalue weighted by molar-refractivity contribution is 6.09. The van der Waals surface area contributed by atoms with Gasteiger partial charge in [-0.2, -0.15) is 0 Å². The lowest BCUT2D eigenvalue weighted by molar-refractivity contribution is -0.133. The molecule has 0 fully saturated rings. The van der Waals surface area contributed by atoms with Gasteiger partial charge in [-0.25, -0.2) is 13.6 Å². The van der Waals surface area contributed by atoms with Crippen LogP contribution in [0, 0.1) is 11.6 Å². The molecule has 0 aliphatic heterocycles. The maximum Gasteiger partial charge on any atom is 0.332 e. The van der Waals surface area contributed by atoms with Crippen molar-refractivity contribution >= 4 is 17.6 Å². The van der Waals surface area contributed by atoms with Crippen molar-refractivity contribution in [2.24, 2.45) is 0 Å². The summed E-state index contributed by atoms with van der Waals surface area (Å²) in [6.07, 6.45) is 0.720. The number of hydrogen-bond acceptors (Lipinski definition) is 3. The van der Waals surface area contributed by atoms with Crippen LogP contribution in [0.5, 0.6) is 5.75 Å².